The van der Waals surface area contributed by atoms with Gasteiger partial charge in [-0.3, -0.25) is 4.90 Å². The standard InChI is InChI=1S/C24H29N7O/c1-2-32-21-11-7-6-10-20(21)26-24-28-22(27-23(25)29-24)18-31-16-14-30(15-17-31)13-12-19-8-4-3-5-9-19/h3-13H,2,14-18H2,1H3,(H3,25,26,27,28,29). The van der Waals surface area contributed by atoms with Crippen molar-refractivity contribution >= 4 is 23.7 Å². The molecule has 1 aromatic heterocycles. The molecule has 0 aliphatic carbocycles. The van der Waals surface area contributed by atoms with Crippen molar-refractivity contribution < 1.29 is 4.74 Å². The summed E-state index contributed by atoms with van der Waals surface area (Å²) in [6.07, 6.45) is 4.33. The summed E-state index contributed by atoms with van der Waals surface area (Å²) in [6, 6.07) is 18.0. The Balaban J connectivity index is 1.35. The molecule has 0 amide bonds. The molecular formula is C24H29N7O. The van der Waals surface area contributed by atoms with Crippen molar-refractivity contribution in [2.24, 2.45) is 0 Å². The van der Waals surface area contributed by atoms with Crippen LogP contribution in [0.5, 0.6) is 5.75 Å². The Hall–Kier alpha value is -3.65. The monoisotopic (exact) mass is 431 g/mol. The van der Waals surface area contributed by atoms with Gasteiger partial charge >= 0.3 is 0 Å². The third kappa shape index (κ3) is 5.95. The van der Waals surface area contributed by atoms with Gasteiger partial charge in [-0.1, -0.05) is 42.5 Å². The van der Waals surface area contributed by atoms with Crippen LogP contribution in [-0.2, 0) is 6.54 Å². The highest BCUT2D eigenvalue weighted by Gasteiger charge is 2.17. The van der Waals surface area contributed by atoms with Crippen molar-refractivity contribution in [2.45, 2.75) is 13.5 Å². The quantitative estimate of drug-likeness (QED) is 0.561. The number of anilines is 3. The summed E-state index contributed by atoms with van der Waals surface area (Å²) in [5.74, 6) is 2.03. The lowest BCUT2D eigenvalue weighted by molar-refractivity contribution is 0.160. The lowest BCUT2D eigenvalue weighted by atomic mass is 10.2. The molecule has 2 aromatic carbocycles. The molecule has 0 saturated carbocycles. The summed E-state index contributed by atoms with van der Waals surface area (Å²) >= 11 is 0. The predicted octanol–water partition coefficient (Wildman–Crippen LogP) is 3.38. The maximum atomic E-state index is 5.96. The molecule has 32 heavy (non-hydrogen) atoms. The zero-order valence-corrected chi connectivity index (χ0v) is 18.3. The van der Waals surface area contributed by atoms with Crippen LogP contribution in [0.2, 0.25) is 0 Å². The number of ether oxygens (including phenoxy) is 1. The maximum Gasteiger partial charge on any atom is 0.232 e. The van der Waals surface area contributed by atoms with Crippen LogP contribution >= 0.6 is 0 Å². The lowest BCUT2D eigenvalue weighted by Crippen LogP contribution is -2.43. The molecule has 1 fully saturated rings. The van der Waals surface area contributed by atoms with Crippen LogP contribution in [0, 0.1) is 0 Å². The van der Waals surface area contributed by atoms with E-state index in [4.69, 9.17) is 10.5 Å². The second-order valence-corrected chi connectivity index (χ2v) is 7.53. The molecule has 3 aromatic rings. The summed E-state index contributed by atoms with van der Waals surface area (Å²) in [5, 5.41) is 3.21. The van der Waals surface area contributed by atoms with Crippen molar-refractivity contribution in [1.82, 2.24) is 24.8 Å². The highest BCUT2D eigenvalue weighted by atomic mass is 16.5. The molecule has 0 unspecified atom stereocenters. The fourth-order valence-electron chi connectivity index (χ4n) is 3.56. The maximum absolute atomic E-state index is 5.96. The molecule has 0 spiro atoms. The molecule has 1 aliphatic heterocycles. The van der Waals surface area contributed by atoms with Crippen molar-refractivity contribution in [3.8, 4) is 5.75 Å². The van der Waals surface area contributed by atoms with Gasteiger partial charge in [-0.15, -0.1) is 0 Å². The Labute approximate surface area is 188 Å². The van der Waals surface area contributed by atoms with Gasteiger partial charge in [0.15, 0.2) is 0 Å². The van der Waals surface area contributed by atoms with Crippen LogP contribution in [0.1, 0.15) is 18.3 Å². The number of hydrogen-bond donors (Lipinski definition) is 2. The van der Waals surface area contributed by atoms with Gasteiger partial charge in [0.25, 0.3) is 0 Å². The van der Waals surface area contributed by atoms with Gasteiger partial charge in [0.1, 0.15) is 11.6 Å². The minimum Gasteiger partial charge on any atom is -0.492 e. The number of nitrogens with two attached hydrogens (primary N) is 1. The van der Waals surface area contributed by atoms with Gasteiger partial charge in [0, 0.05) is 26.2 Å². The average molecular weight is 432 g/mol. The van der Waals surface area contributed by atoms with Crippen LogP contribution < -0.4 is 15.8 Å². The smallest absolute Gasteiger partial charge is 0.232 e. The minimum atomic E-state index is 0.204. The van der Waals surface area contributed by atoms with Crippen LogP contribution in [0.25, 0.3) is 6.08 Å². The second-order valence-electron chi connectivity index (χ2n) is 7.53. The van der Waals surface area contributed by atoms with Crippen molar-refractivity contribution in [1.29, 1.82) is 0 Å². The summed E-state index contributed by atoms with van der Waals surface area (Å²) in [6.45, 7) is 6.93. The first kappa shape index (κ1) is 21.6. The number of benzene rings is 2. The van der Waals surface area contributed by atoms with Gasteiger partial charge in [0.05, 0.1) is 18.8 Å². The Morgan fingerprint density at radius 1 is 0.969 bits per heavy atom. The normalized spacial score (nSPS) is 14.6. The van der Waals surface area contributed by atoms with E-state index in [9.17, 15) is 0 Å². The van der Waals surface area contributed by atoms with E-state index in [1.807, 2.05) is 37.3 Å². The summed E-state index contributed by atoms with van der Waals surface area (Å²) in [7, 11) is 0. The largest absolute Gasteiger partial charge is 0.492 e. The topological polar surface area (TPSA) is 92.4 Å². The molecule has 8 heteroatoms. The Morgan fingerprint density at radius 3 is 2.50 bits per heavy atom. The molecule has 1 saturated heterocycles. The molecular weight excluding hydrogens is 402 g/mol. The highest BCUT2D eigenvalue weighted by Crippen LogP contribution is 2.26. The number of aromatic nitrogens is 3. The molecule has 1 aliphatic rings. The highest BCUT2D eigenvalue weighted by molar-refractivity contribution is 5.62. The van der Waals surface area contributed by atoms with Crippen LogP contribution in [0.4, 0.5) is 17.6 Å². The average Bonchev–Trinajstić information content (AvgIpc) is 2.80. The fourth-order valence-corrected chi connectivity index (χ4v) is 3.56. The molecule has 166 valence electrons. The molecule has 0 bridgehead atoms. The Kier molecular flexibility index (Phi) is 7.14. The SMILES string of the molecule is CCOc1ccccc1Nc1nc(N)nc(CN2CCN(C=Cc3ccccc3)CC2)n1. The number of piperazine rings is 1. The number of para-hydroxylation sites is 2. The first-order valence-electron chi connectivity index (χ1n) is 10.9. The first-order chi connectivity index (χ1) is 15.7. The first-order valence-corrected chi connectivity index (χ1v) is 10.9. The third-order valence-corrected chi connectivity index (χ3v) is 5.18. The second kappa shape index (κ2) is 10.6. The van der Waals surface area contributed by atoms with E-state index in [1.54, 1.807) is 0 Å². The lowest BCUT2D eigenvalue weighted by Gasteiger charge is -2.33. The number of nitrogens with zero attached hydrogens (tertiary/aromatic N) is 5. The van der Waals surface area contributed by atoms with E-state index >= 15 is 0 Å². The third-order valence-electron chi connectivity index (χ3n) is 5.18. The van der Waals surface area contributed by atoms with Gasteiger partial charge in [-0.2, -0.15) is 15.0 Å². The van der Waals surface area contributed by atoms with E-state index in [1.165, 1.54) is 5.56 Å². The van der Waals surface area contributed by atoms with Crippen LogP contribution in [0.3, 0.4) is 0 Å². The molecule has 8 nitrogen and oxygen atoms in total. The zero-order chi connectivity index (χ0) is 22.2. The molecule has 3 N–H and O–H groups in total. The van der Waals surface area contributed by atoms with Crippen molar-refractivity contribution in [2.75, 3.05) is 43.8 Å². The van der Waals surface area contributed by atoms with Gasteiger partial charge in [0.2, 0.25) is 11.9 Å². The number of hydrogen-bond acceptors (Lipinski definition) is 8. The molecule has 4 rings (SSSR count). The van der Waals surface area contributed by atoms with E-state index in [-0.39, 0.29) is 5.95 Å². The summed E-state index contributed by atoms with van der Waals surface area (Å²) in [4.78, 5) is 17.8. The fraction of sp³-hybridized carbons (Fsp3) is 0.292. The minimum absolute atomic E-state index is 0.204. The summed E-state index contributed by atoms with van der Waals surface area (Å²) < 4.78 is 5.67. The predicted molar refractivity (Wildman–Crippen MR) is 127 cm³/mol. The van der Waals surface area contributed by atoms with E-state index in [2.05, 4.69) is 66.6 Å². The van der Waals surface area contributed by atoms with Crippen molar-refractivity contribution in [3.05, 3.63) is 72.2 Å². The van der Waals surface area contributed by atoms with Gasteiger partial charge in [-0.25, -0.2) is 0 Å². The van der Waals surface area contributed by atoms with E-state index in [0.717, 1.165) is 37.6 Å². The van der Waals surface area contributed by atoms with Crippen LogP contribution in [0.15, 0.2) is 60.8 Å². The van der Waals surface area contributed by atoms with Crippen LogP contribution in [-0.4, -0.2) is 57.5 Å². The molecule has 2 heterocycles. The van der Waals surface area contributed by atoms with Crippen molar-refractivity contribution in [3.63, 3.8) is 0 Å². The molecule has 0 atom stereocenters. The van der Waals surface area contributed by atoms with E-state index in [0.29, 0.717) is 24.9 Å². The Morgan fingerprint density at radius 2 is 1.72 bits per heavy atom. The number of nitrogen functional groups attached to an aromatic ring is 1. The number of nitrogens with one attached hydrogen (secondary N) is 1. The molecule has 0 radical (unpaired) electrons. The zero-order valence-electron chi connectivity index (χ0n) is 18.3. The summed E-state index contributed by atoms with van der Waals surface area (Å²) in [5.41, 5.74) is 7.97. The van der Waals surface area contributed by atoms with Gasteiger partial charge < -0.3 is 20.7 Å². The number of rotatable bonds is 8. The van der Waals surface area contributed by atoms with Gasteiger partial charge in [-0.05, 0) is 36.9 Å². The Bertz CT molecular complexity index is 1030. The van der Waals surface area contributed by atoms with E-state index < -0.39 is 0 Å².